The smallest absolute Gasteiger partial charge is 0.0547 e. The molecule has 0 amide bonds. The Morgan fingerprint density at radius 2 is 1.41 bits per heavy atom. The third kappa shape index (κ3) is 2.74. The Hall–Kier alpha value is -4.10. The second-order valence-corrected chi connectivity index (χ2v) is 9.24. The summed E-state index contributed by atoms with van der Waals surface area (Å²) in [4.78, 5) is 0. The average molecular weight is 436 g/mol. The van der Waals surface area contributed by atoms with E-state index in [1.807, 2.05) is 0 Å². The third-order valence-electron chi connectivity index (χ3n) is 7.41. The Morgan fingerprint density at radius 3 is 2.29 bits per heavy atom. The van der Waals surface area contributed by atoms with Gasteiger partial charge in [0.15, 0.2) is 0 Å². The molecule has 0 N–H and O–H groups in total. The van der Waals surface area contributed by atoms with Gasteiger partial charge in [0.25, 0.3) is 0 Å². The number of para-hydroxylation sites is 1. The molecule has 1 heterocycles. The average Bonchev–Trinajstić information content (AvgIpc) is 3.44. The van der Waals surface area contributed by atoms with Gasteiger partial charge in [0.2, 0.25) is 0 Å². The molecule has 1 heteroatoms. The molecule has 0 bridgehead atoms. The molecular weight excluding hydrogens is 410 g/mol. The number of hydrogen-bond acceptors (Lipinski definition) is 0. The van der Waals surface area contributed by atoms with E-state index >= 15 is 0 Å². The maximum Gasteiger partial charge on any atom is 0.0547 e. The van der Waals surface area contributed by atoms with Gasteiger partial charge in [0, 0.05) is 17.2 Å². The molecule has 0 atom stereocenters. The van der Waals surface area contributed by atoms with Gasteiger partial charge in [-0.1, -0.05) is 97.9 Å². The first-order valence-electron chi connectivity index (χ1n) is 12.2. The van der Waals surface area contributed by atoms with Gasteiger partial charge < -0.3 is 4.57 Å². The molecule has 1 aliphatic carbocycles. The Kier molecular flexibility index (Phi) is 4.25. The van der Waals surface area contributed by atoms with Crippen molar-refractivity contribution in [3.63, 3.8) is 0 Å². The normalized spacial score (nSPS) is 12.3. The highest BCUT2D eigenvalue weighted by molar-refractivity contribution is 6.15. The molecule has 1 aromatic heterocycles. The van der Waals surface area contributed by atoms with Gasteiger partial charge in [-0.3, -0.25) is 0 Å². The summed E-state index contributed by atoms with van der Waals surface area (Å²) >= 11 is 0. The summed E-state index contributed by atoms with van der Waals surface area (Å²) in [5, 5.41) is 2.63. The van der Waals surface area contributed by atoms with E-state index < -0.39 is 0 Å². The lowest BCUT2D eigenvalue weighted by molar-refractivity contribution is 1.10. The first-order valence-corrected chi connectivity index (χ1v) is 12.2. The molecule has 34 heavy (non-hydrogen) atoms. The predicted octanol–water partition coefficient (Wildman–Crippen LogP) is 8.58. The second-order valence-electron chi connectivity index (χ2n) is 9.24. The summed E-state index contributed by atoms with van der Waals surface area (Å²) in [6, 6.07) is 40.2. The maximum absolute atomic E-state index is 2.49. The monoisotopic (exact) mass is 435 g/mol. The van der Waals surface area contributed by atoms with Crippen molar-refractivity contribution in [3.05, 3.63) is 126 Å². The molecule has 162 valence electrons. The van der Waals surface area contributed by atoms with Crippen molar-refractivity contribution in [2.45, 2.75) is 19.8 Å². The zero-order valence-electron chi connectivity index (χ0n) is 19.3. The number of aromatic nitrogens is 1. The van der Waals surface area contributed by atoms with Crippen LogP contribution >= 0.6 is 0 Å². The van der Waals surface area contributed by atoms with Crippen LogP contribution in [0.2, 0.25) is 0 Å². The summed E-state index contributed by atoms with van der Waals surface area (Å²) in [5.41, 5.74) is 13.4. The van der Waals surface area contributed by atoms with Crippen molar-refractivity contribution in [3.8, 4) is 27.9 Å². The molecule has 0 saturated carbocycles. The zero-order chi connectivity index (χ0) is 22.6. The van der Waals surface area contributed by atoms with Crippen LogP contribution in [0.1, 0.15) is 23.6 Å². The van der Waals surface area contributed by atoms with Crippen LogP contribution in [-0.4, -0.2) is 4.57 Å². The standard InChI is InChI=1S/C33H25N/c1-2-22-18-19-25-24(20-22)21-29-27(25)14-9-16-31(29)34-30-15-7-6-12-28(30)33-26(13-8-17-32(33)34)23-10-4-3-5-11-23/h3-20H,2,21H2,1H3. The van der Waals surface area contributed by atoms with E-state index in [1.165, 1.54) is 66.4 Å². The van der Waals surface area contributed by atoms with Crippen molar-refractivity contribution in [1.29, 1.82) is 0 Å². The number of rotatable bonds is 3. The summed E-state index contributed by atoms with van der Waals surface area (Å²) in [7, 11) is 0. The van der Waals surface area contributed by atoms with Gasteiger partial charge in [-0.25, -0.2) is 0 Å². The minimum absolute atomic E-state index is 0.987. The quantitative estimate of drug-likeness (QED) is 0.262. The van der Waals surface area contributed by atoms with Crippen LogP contribution in [0.5, 0.6) is 0 Å². The molecule has 0 spiro atoms. The predicted molar refractivity (Wildman–Crippen MR) is 144 cm³/mol. The first kappa shape index (κ1) is 19.4. The Balaban J connectivity index is 1.54. The molecule has 1 nitrogen and oxygen atoms in total. The van der Waals surface area contributed by atoms with Crippen LogP contribution in [0.25, 0.3) is 49.7 Å². The van der Waals surface area contributed by atoms with E-state index in [0.29, 0.717) is 0 Å². The van der Waals surface area contributed by atoms with Gasteiger partial charge in [-0.2, -0.15) is 0 Å². The van der Waals surface area contributed by atoms with E-state index in [0.717, 1.165) is 12.8 Å². The van der Waals surface area contributed by atoms with Crippen LogP contribution in [0, 0.1) is 0 Å². The van der Waals surface area contributed by atoms with Crippen molar-refractivity contribution >= 4 is 21.8 Å². The summed E-state index contributed by atoms with van der Waals surface area (Å²) in [6.07, 6.45) is 2.06. The molecule has 1 aliphatic rings. The van der Waals surface area contributed by atoms with Crippen molar-refractivity contribution in [1.82, 2.24) is 4.57 Å². The van der Waals surface area contributed by atoms with Gasteiger partial charge in [0.05, 0.1) is 16.7 Å². The molecule has 0 radical (unpaired) electrons. The fourth-order valence-corrected chi connectivity index (χ4v) is 5.83. The fraction of sp³-hybridized carbons (Fsp3) is 0.0909. The number of benzene rings is 5. The van der Waals surface area contributed by atoms with E-state index in [9.17, 15) is 0 Å². The zero-order valence-corrected chi connectivity index (χ0v) is 19.3. The Morgan fingerprint density at radius 1 is 0.647 bits per heavy atom. The second kappa shape index (κ2) is 7.46. The number of nitrogens with zero attached hydrogens (tertiary/aromatic N) is 1. The lowest BCUT2D eigenvalue weighted by Crippen LogP contribution is -1.99. The largest absolute Gasteiger partial charge is 0.309 e. The highest BCUT2D eigenvalue weighted by atomic mass is 15.0. The van der Waals surface area contributed by atoms with Crippen molar-refractivity contribution in [2.75, 3.05) is 0 Å². The van der Waals surface area contributed by atoms with Crippen LogP contribution in [-0.2, 0) is 12.8 Å². The van der Waals surface area contributed by atoms with E-state index in [4.69, 9.17) is 0 Å². The highest BCUT2D eigenvalue weighted by Crippen LogP contribution is 2.43. The van der Waals surface area contributed by atoms with E-state index in [2.05, 4.69) is 121 Å². The molecule has 0 fully saturated rings. The Labute approximate surface area is 199 Å². The lowest BCUT2D eigenvalue weighted by Gasteiger charge is -2.13. The number of fused-ring (bicyclic) bond motifs is 6. The van der Waals surface area contributed by atoms with E-state index in [1.54, 1.807) is 0 Å². The molecule has 5 aromatic carbocycles. The van der Waals surface area contributed by atoms with Gasteiger partial charge in [0.1, 0.15) is 0 Å². The molecule has 6 aromatic rings. The van der Waals surface area contributed by atoms with Gasteiger partial charge >= 0.3 is 0 Å². The van der Waals surface area contributed by atoms with Crippen molar-refractivity contribution < 1.29 is 0 Å². The highest BCUT2D eigenvalue weighted by Gasteiger charge is 2.24. The molecule has 0 saturated heterocycles. The van der Waals surface area contributed by atoms with Crippen LogP contribution < -0.4 is 0 Å². The minimum Gasteiger partial charge on any atom is -0.309 e. The SMILES string of the molecule is CCc1ccc2c(c1)Cc1c-2cccc1-n1c2ccccc2c2c(-c3ccccc3)cccc21. The summed E-state index contributed by atoms with van der Waals surface area (Å²) in [6.45, 7) is 2.23. The summed E-state index contributed by atoms with van der Waals surface area (Å²) in [5.74, 6) is 0. The molecule has 0 aliphatic heterocycles. The topological polar surface area (TPSA) is 4.93 Å². The van der Waals surface area contributed by atoms with Crippen LogP contribution in [0.15, 0.2) is 109 Å². The number of aryl methyl sites for hydroxylation is 1. The van der Waals surface area contributed by atoms with Crippen LogP contribution in [0.3, 0.4) is 0 Å². The lowest BCUT2D eigenvalue weighted by atomic mass is 9.99. The van der Waals surface area contributed by atoms with E-state index in [-0.39, 0.29) is 0 Å². The van der Waals surface area contributed by atoms with Crippen LogP contribution in [0.4, 0.5) is 0 Å². The van der Waals surface area contributed by atoms with Gasteiger partial charge in [-0.05, 0) is 63.6 Å². The third-order valence-corrected chi connectivity index (χ3v) is 7.41. The minimum atomic E-state index is 0.987. The van der Waals surface area contributed by atoms with Gasteiger partial charge in [-0.15, -0.1) is 0 Å². The molecule has 7 rings (SSSR count). The first-order chi connectivity index (χ1) is 16.8. The maximum atomic E-state index is 2.49. The fourth-order valence-electron chi connectivity index (χ4n) is 5.83. The summed E-state index contributed by atoms with van der Waals surface area (Å²) < 4.78 is 2.49. The molecule has 0 unspecified atom stereocenters. The number of hydrogen-bond donors (Lipinski definition) is 0. The molecular formula is C33H25N. The van der Waals surface area contributed by atoms with Crippen molar-refractivity contribution in [2.24, 2.45) is 0 Å². The Bertz CT molecular complexity index is 1700.